The number of anilines is 2. The maximum absolute atomic E-state index is 12.8. The minimum absolute atomic E-state index is 0.165. The van der Waals surface area contributed by atoms with Crippen LogP contribution in [0, 0.1) is 17.0 Å². The maximum atomic E-state index is 12.8. The fraction of sp³-hybridized carbons (Fsp3) is 0.105. The van der Waals surface area contributed by atoms with Gasteiger partial charge in [0.15, 0.2) is 6.17 Å². The molecule has 1 aromatic heterocycles. The lowest BCUT2D eigenvalue weighted by Crippen LogP contribution is -2.82. The van der Waals surface area contributed by atoms with Crippen LogP contribution in [0.25, 0.3) is 0 Å². The van der Waals surface area contributed by atoms with Crippen LogP contribution in [-0.2, 0) is 0 Å². The van der Waals surface area contributed by atoms with E-state index in [2.05, 4.69) is 20.6 Å². The molecule has 1 aliphatic rings. The fourth-order valence-electron chi connectivity index (χ4n) is 3.17. The predicted molar refractivity (Wildman–Crippen MR) is 119 cm³/mol. The van der Waals surface area contributed by atoms with E-state index in [1.807, 2.05) is 0 Å². The first kappa shape index (κ1) is 21.1. The van der Waals surface area contributed by atoms with E-state index in [-0.39, 0.29) is 22.2 Å². The van der Waals surface area contributed by atoms with Crippen LogP contribution in [0.2, 0.25) is 15.1 Å². The topological polar surface area (TPSA) is 116 Å². The molecule has 0 spiro atoms. The van der Waals surface area contributed by atoms with Crippen LogP contribution in [-0.4, -0.2) is 20.4 Å². The van der Waals surface area contributed by atoms with Gasteiger partial charge in [-0.2, -0.15) is 0 Å². The van der Waals surface area contributed by atoms with Crippen molar-refractivity contribution in [2.75, 3.05) is 10.6 Å². The molecular weight excluding hydrogens is 467 g/mol. The van der Waals surface area contributed by atoms with E-state index >= 15 is 0 Å². The standard InChI is InChI=1S/C19H13Cl3N6O3/c1-9-7-15(29)27-17(11-8-10(28(30)31)5-6-12(11)20)25-18(26-19(27)23-9)24-14-4-2-3-13(21)16(14)22/h2-8,17H,1H3,(H2,23,24,25,26)/p+1/t17-/m1/s1. The second kappa shape index (κ2) is 8.18. The largest absolute Gasteiger partial charge is 0.357 e. The van der Waals surface area contributed by atoms with Gasteiger partial charge in [-0.15, -0.1) is 0 Å². The number of hydrogen-bond acceptors (Lipinski definition) is 6. The van der Waals surface area contributed by atoms with Gasteiger partial charge in [-0.05, 0) is 25.1 Å². The van der Waals surface area contributed by atoms with Gasteiger partial charge in [0.1, 0.15) is 5.69 Å². The number of aryl methyl sites for hydroxylation is 1. The molecule has 4 rings (SSSR count). The van der Waals surface area contributed by atoms with Gasteiger partial charge >= 0.3 is 5.96 Å². The molecule has 9 nitrogen and oxygen atoms in total. The van der Waals surface area contributed by atoms with Crippen molar-refractivity contribution in [3.05, 3.63) is 89.3 Å². The quantitative estimate of drug-likeness (QED) is 0.392. The van der Waals surface area contributed by atoms with Crippen molar-refractivity contribution in [3.63, 3.8) is 0 Å². The first-order chi connectivity index (χ1) is 14.7. The summed E-state index contributed by atoms with van der Waals surface area (Å²) in [6.07, 6.45) is -0.885. The summed E-state index contributed by atoms with van der Waals surface area (Å²) in [5, 5.41) is 18.2. The second-order valence-corrected chi connectivity index (χ2v) is 7.86. The highest BCUT2D eigenvalue weighted by Gasteiger charge is 2.31. The molecule has 3 N–H and O–H groups in total. The molecule has 12 heteroatoms. The number of benzene rings is 2. The molecule has 0 radical (unpaired) electrons. The van der Waals surface area contributed by atoms with E-state index in [0.29, 0.717) is 32.9 Å². The van der Waals surface area contributed by atoms with Gasteiger partial charge in [0.2, 0.25) is 0 Å². The normalized spacial score (nSPS) is 15.0. The van der Waals surface area contributed by atoms with Gasteiger partial charge in [0.05, 0.1) is 15.0 Å². The van der Waals surface area contributed by atoms with Gasteiger partial charge in [-0.3, -0.25) is 19.9 Å². The van der Waals surface area contributed by atoms with Crippen LogP contribution >= 0.6 is 34.8 Å². The molecule has 0 amide bonds. The number of halogens is 3. The first-order valence-corrected chi connectivity index (χ1v) is 10.0. The SMILES string of the molecule is Cc1cc(=O)n2c(n1)NC(Nc1cccc(Cl)c1Cl)=[NH+][C@H]2c1cc([N+](=O)[O-])ccc1Cl. The van der Waals surface area contributed by atoms with E-state index in [4.69, 9.17) is 34.8 Å². The Hall–Kier alpha value is -3.14. The summed E-state index contributed by atoms with van der Waals surface area (Å²) in [5.41, 5.74) is 0.783. The molecular formula is C19H14Cl3N6O3+. The van der Waals surface area contributed by atoms with E-state index in [9.17, 15) is 14.9 Å². The number of guanidine groups is 1. The molecule has 0 bridgehead atoms. The molecule has 0 saturated carbocycles. The van der Waals surface area contributed by atoms with Gasteiger partial charge in [-0.25, -0.2) is 20.2 Å². The number of nitro groups is 1. The zero-order valence-corrected chi connectivity index (χ0v) is 18.1. The van der Waals surface area contributed by atoms with Crippen LogP contribution < -0.4 is 21.2 Å². The molecule has 3 aromatic rings. The lowest BCUT2D eigenvalue weighted by molar-refractivity contribution is -0.520. The van der Waals surface area contributed by atoms with Crippen molar-refractivity contribution in [1.29, 1.82) is 0 Å². The Kier molecular flexibility index (Phi) is 5.57. The first-order valence-electron chi connectivity index (χ1n) is 8.90. The maximum Gasteiger partial charge on any atom is 0.357 e. The highest BCUT2D eigenvalue weighted by molar-refractivity contribution is 6.44. The Morgan fingerprint density at radius 2 is 1.97 bits per heavy atom. The minimum atomic E-state index is -0.885. The van der Waals surface area contributed by atoms with Crippen LogP contribution in [0.4, 0.5) is 17.3 Å². The second-order valence-electron chi connectivity index (χ2n) is 6.67. The predicted octanol–water partition coefficient (Wildman–Crippen LogP) is 2.94. The average molecular weight is 481 g/mol. The molecule has 0 aliphatic carbocycles. The smallest absolute Gasteiger partial charge is 0.269 e. The highest BCUT2D eigenvalue weighted by atomic mass is 35.5. The van der Waals surface area contributed by atoms with E-state index in [0.717, 1.165) is 0 Å². The number of nitrogens with one attached hydrogen (secondary N) is 3. The minimum Gasteiger partial charge on any atom is -0.269 e. The summed E-state index contributed by atoms with van der Waals surface area (Å²) < 4.78 is 1.32. The Balaban J connectivity index is 1.88. The van der Waals surface area contributed by atoms with Crippen LogP contribution in [0.1, 0.15) is 17.4 Å². The van der Waals surface area contributed by atoms with Gasteiger partial charge < -0.3 is 0 Å². The average Bonchev–Trinajstić information content (AvgIpc) is 2.70. The molecule has 1 atom stereocenters. The lowest BCUT2D eigenvalue weighted by Gasteiger charge is -2.23. The number of hydrogen-bond donors (Lipinski definition) is 3. The van der Waals surface area contributed by atoms with Crippen molar-refractivity contribution < 1.29 is 9.92 Å². The zero-order valence-electron chi connectivity index (χ0n) is 15.8. The fourth-order valence-corrected chi connectivity index (χ4v) is 3.73. The van der Waals surface area contributed by atoms with Crippen molar-refractivity contribution in [2.24, 2.45) is 0 Å². The number of nitro benzene ring substituents is 1. The van der Waals surface area contributed by atoms with Crippen LogP contribution in [0.5, 0.6) is 0 Å². The van der Waals surface area contributed by atoms with Crippen molar-refractivity contribution in [1.82, 2.24) is 9.55 Å². The molecule has 1 aliphatic heterocycles. The third-order valence-corrected chi connectivity index (χ3v) is 5.72. The van der Waals surface area contributed by atoms with E-state index in [1.54, 1.807) is 25.1 Å². The van der Waals surface area contributed by atoms with Crippen molar-refractivity contribution in [3.8, 4) is 0 Å². The third-order valence-electron chi connectivity index (χ3n) is 4.55. The lowest BCUT2D eigenvalue weighted by atomic mass is 10.1. The van der Waals surface area contributed by atoms with Crippen LogP contribution in [0.15, 0.2) is 47.3 Å². The third kappa shape index (κ3) is 4.07. The summed E-state index contributed by atoms with van der Waals surface area (Å²) in [7, 11) is 0. The Morgan fingerprint density at radius 1 is 1.19 bits per heavy atom. The monoisotopic (exact) mass is 479 g/mol. The number of aromatic nitrogens is 2. The number of fused-ring (bicyclic) bond motifs is 1. The number of rotatable bonds is 3. The molecule has 158 valence electrons. The summed E-state index contributed by atoms with van der Waals surface area (Å²) in [4.78, 5) is 31.0. The molecule has 31 heavy (non-hydrogen) atoms. The van der Waals surface area contributed by atoms with E-state index in [1.165, 1.54) is 28.8 Å². The summed E-state index contributed by atoms with van der Waals surface area (Å²) in [6, 6.07) is 10.4. The molecule has 0 saturated heterocycles. The number of nitrogens with zero attached hydrogens (tertiary/aromatic N) is 3. The van der Waals surface area contributed by atoms with Gasteiger partial charge in [0, 0.05) is 34.5 Å². The summed E-state index contributed by atoms with van der Waals surface area (Å²) in [6.45, 7) is 1.68. The Morgan fingerprint density at radius 3 is 2.71 bits per heavy atom. The van der Waals surface area contributed by atoms with Gasteiger partial charge in [0.25, 0.3) is 17.2 Å². The molecule has 2 heterocycles. The number of non-ortho nitro benzene ring substituents is 1. The molecule has 2 aromatic carbocycles. The molecule has 0 fully saturated rings. The summed E-state index contributed by atoms with van der Waals surface area (Å²) >= 11 is 18.7. The van der Waals surface area contributed by atoms with Crippen molar-refractivity contribution >= 4 is 58.1 Å². The van der Waals surface area contributed by atoms with Crippen LogP contribution in [0.3, 0.4) is 0 Å². The highest BCUT2D eigenvalue weighted by Crippen LogP contribution is 2.30. The zero-order chi connectivity index (χ0) is 22.3. The molecule has 0 unspecified atom stereocenters. The Bertz CT molecular complexity index is 1310. The summed E-state index contributed by atoms with van der Waals surface area (Å²) in [5.74, 6) is 0.547. The Labute approximate surface area is 190 Å². The van der Waals surface area contributed by atoms with Crippen molar-refractivity contribution in [2.45, 2.75) is 13.1 Å². The van der Waals surface area contributed by atoms with E-state index < -0.39 is 11.1 Å². The van der Waals surface area contributed by atoms with Gasteiger partial charge in [-0.1, -0.05) is 40.9 Å².